The maximum atomic E-state index is 12.2. The number of hydrogen-bond acceptors (Lipinski definition) is 4. The molecule has 2 unspecified atom stereocenters. The number of aryl methyl sites for hydroxylation is 1. The topological polar surface area (TPSA) is 110 Å². The number of para-hydroxylation sites is 1. The van der Waals surface area contributed by atoms with Gasteiger partial charge < -0.3 is 11.1 Å². The summed E-state index contributed by atoms with van der Waals surface area (Å²) in [7, 11) is 0. The molecule has 2 atom stereocenters. The first-order valence-electron chi connectivity index (χ1n) is 8.31. The average Bonchev–Trinajstić information content (AvgIpc) is 3.01. The molecule has 128 valence electrons. The van der Waals surface area contributed by atoms with E-state index in [9.17, 15) is 14.4 Å². The van der Waals surface area contributed by atoms with Crippen LogP contribution < -0.4 is 22.3 Å². The summed E-state index contributed by atoms with van der Waals surface area (Å²) in [6.07, 6.45) is 3.27. The Morgan fingerprint density at radius 3 is 2.88 bits per heavy atom. The van der Waals surface area contributed by atoms with Crippen molar-refractivity contribution in [3.8, 4) is 0 Å². The Bertz CT molecular complexity index is 855. The van der Waals surface area contributed by atoms with Crippen molar-refractivity contribution < 1.29 is 4.79 Å². The van der Waals surface area contributed by atoms with Crippen LogP contribution in [0.3, 0.4) is 0 Å². The number of H-pyrrole nitrogens is 1. The molecule has 0 bridgehead atoms. The fourth-order valence-corrected chi connectivity index (χ4v) is 3.47. The summed E-state index contributed by atoms with van der Waals surface area (Å²) in [5.41, 5.74) is 5.37. The number of nitrogens with one attached hydrogen (secondary N) is 2. The number of nitrogens with two attached hydrogens (primary N) is 1. The molecule has 1 aliphatic carbocycles. The standard InChI is InChI=1S/C17H22N4O3/c18-10-11-4-3-6-13(11)19-15(22)8-9-21-14-7-2-1-5-12(14)16(23)20-17(21)24/h1-2,5,7,11,13H,3-4,6,8-10,18H2,(H,19,22)(H,20,23,24). The maximum Gasteiger partial charge on any atom is 0.328 e. The monoisotopic (exact) mass is 330 g/mol. The van der Waals surface area contributed by atoms with Crippen molar-refractivity contribution in [2.24, 2.45) is 11.7 Å². The second-order valence-corrected chi connectivity index (χ2v) is 6.28. The minimum absolute atomic E-state index is 0.0949. The van der Waals surface area contributed by atoms with E-state index < -0.39 is 11.2 Å². The molecule has 1 aromatic heterocycles. The summed E-state index contributed by atoms with van der Waals surface area (Å²) in [6, 6.07) is 7.01. The molecule has 0 spiro atoms. The number of aromatic nitrogens is 2. The number of fused-ring (bicyclic) bond motifs is 1. The van der Waals surface area contributed by atoms with Gasteiger partial charge in [0.1, 0.15) is 0 Å². The highest BCUT2D eigenvalue weighted by Crippen LogP contribution is 2.24. The predicted molar refractivity (Wildman–Crippen MR) is 91.8 cm³/mol. The average molecular weight is 330 g/mol. The molecule has 4 N–H and O–H groups in total. The molecule has 3 rings (SSSR count). The molecule has 1 saturated carbocycles. The molecular formula is C17H22N4O3. The predicted octanol–water partition coefficient (Wildman–Crippen LogP) is 0.324. The molecule has 7 nitrogen and oxygen atoms in total. The molecule has 2 aromatic rings. The Kier molecular flexibility index (Phi) is 4.80. The van der Waals surface area contributed by atoms with Crippen molar-refractivity contribution in [1.29, 1.82) is 0 Å². The van der Waals surface area contributed by atoms with Crippen LogP contribution in [0.4, 0.5) is 0 Å². The van der Waals surface area contributed by atoms with Gasteiger partial charge in [-0.1, -0.05) is 18.6 Å². The van der Waals surface area contributed by atoms with Gasteiger partial charge in [0.05, 0.1) is 10.9 Å². The fraction of sp³-hybridized carbons (Fsp3) is 0.471. The minimum Gasteiger partial charge on any atom is -0.353 e. The smallest absolute Gasteiger partial charge is 0.328 e. The third-order valence-electron chi connectivity index (χ3n) is 4.78. The summed E-state index contributed by atoms with van der Waals surface area (Å²) in [6.45, 7) is 0.803. The van der Waals surface area contributed by atoms with Crippen LogP contribution >= 0.6 is 0 Å². The first-order chi connectivity index (χ1) is 11.6. The van der Waals surface area contributed by atoms with Gasteiger partial charge in [0, 0.05) is 19.0 Å². The van der Waals surface area contributed by atoms with Crippen LogP contribution in [0.1, 0.15) is 25.7 Å². The van der Waals surface area contributed by atoms with Crippen LogP contribution in [0.5, 0.6) is 0 Å². The first-order valence-corrected chi connectivity index (χ1v) is 8.31. The zero-order valence-corrected chi connectivity index (χ0v) is 13.5. The highest BCUT2D eigenvalue weighted by atomic mass is 16.2. The zero-order valence-electron chi connectivity index (χ0n) is 13.5. The molecule has 0 saturated heterocycles. The van der Waals surface area contributed by atoms with E-state index in [1.54, 1.807) is 24.3 Å². The highest BCUT2D eigenvalue weighted by Gasteiger charge is 2.27. The number of nitrogens with zero attached hydrogens (tertiary/aromatic N) is 1. The molecule has 1 aromatic carbocycles. The fourth-order valence-electron chi connectivity index (χ4n) is 3.47. The largest absolute Gasteiger partial charge is 0.353 e. The number of benzene rings is 1. The summed E-state index contributed by atoms with van der Waals surface area (Å²) in [5, 5.41) is 3.46. The Morgan fingerprint density at radius 2 is 2.08 bits per heavy atom. The van der Waals surface area contributed by atoms with Crippen LogP contribution in [0, 0.1) is 5.92 Å². The molecule has 0 aliphatic heterocycles. The van der Waals surface area contributed by atoms with Crippen molar-refractivity contribution >= 4 is 16.8 Å². The van der Waals surface area contributed by atoms with Gasteiger partial charge in [0.2, 0.25) is 5.91 Å². The molecule has 1 aliphatic rings. The van der Waals surface area contributed by atoms with Crippen LogP contribution in [-0.4, -0.2) is 28.0 Å². The molecular weight excluding hydrogens is 308 g/mol. The van der Waals surface area contributed by atoms with Crippen LogP contribution in [-0.2, 0) is 11.3 Å². The zero-order chi connectivity index (χ0) is 17.1. The van der Waals surface area contributed by atoms with Gasteiger partial charge in [0.25, 0.3) is 5.56 Å². The third kappa shape index (κ3) is 3.26. The lowest BCUT2D eigenvalue weighted by molar-refractivity contribution is -0.122. The number of aromatic amines is 1. The van der Waals surface area contributed by atoms with Crippen LogP contribution in [0.15, 0.2) is 33.9 Å². The lowest BCUT2D eigenvalue weighted by Gasteiger charge is -2.19. The van der Waals surface area contributed by atoms with Gasteiger partial charge in [0.15, 0.2) is 0 Å². The SMILES string of the molecule is NCC1CCCC1NC(=O)CCn1c(=O)[nH]c(=O)c2ccccc21. The second kappa shape index (κ2) is 7.00. The van der Waals surface area contributed by atoms with Crippen molar-refractivity contribution in [2.75, 3.05) is 6.54 Å². The molecule has 7 heteroatoms. The molecule has 1 heterocycles. The summed E-state index contributed by atoms with van der Waals surface area (Å²) in [4.78, 5) is 38.4. The van der Waals surface area contributed by atoms with Crippen LogP contribution in [0.25, 0.3) is 10.9 Å². The summed E-state index contributed by atoms with van der Waals surface area (Å²) in [5.74, 6) is 0.244. The highest BCUT2D eigenvalue weighted by molar-refractivity contribution is 5.79. The second-order valence-electron chi connectivity index (χ2n) is 6.28. The lowest BCUT2D eigenvalue weighted by Crippen LogP contribution is -2.40. The van der Waals surface area contributed by atoms with E-state index in [0.29, 0.717) is 23.4 Å². The van der Waals surface area contributed by atoms with E-state index in [-0.39, 0.29) is 24.9 Å². The molecule has 1 amide bonds. The number of hydrogen-bond donors (Lipinski definition) is 3. The van der Waals surface area contributed by atoms with Gasteiger partial charge in [-0.3, -0.25) is 19.1 Å². The van der Waals surface area contributed by atoms with E-state index in [1.807, 2.05) is 0 Å². The van der Waals surface area contributed by atoms with Gasteiger partial charge in [-0.15, -0.1) is 0 Å². The maximum absolute atomic E-state index is 12.2. The van der Waals surface area contributed by atoms with Crippen LogP contribution in [0.2, 0.25) is 0 Å². The van der Waals surface area contributed by atoms with Crippen molar-refractivity contribution in [1.82, 2.24) is 14.9 Å². The number of rotatable bonds is 5. The van der Waals surface area contributed by atoms with E-state index in [0.717, 1.165) is 19.3 Å². The van der Waals surface area contributed by atoms with E-state index >= 15 is 0 Å². The lowest BCUT2D eigenvalue weighted by atomic mass is 10.0. The van der Waals surface area contributed by atoms with Crippen molar-refractivity contribution in [3.63, 3.8) is 0 Å². The van der Waals surface area contributed by atoms with Crippen molar-refractivity contribution in [3.05, 3.63) is 45.1 Å². The first kappa shape index (κ1) is 16.4. The summed E-state index contributed by atoms with van der Waals surface area (Å²) < 4.78 is 1.44. The minimum atomic E-state index is -0.493. The van der Waals surface area contributed by atoms with Gasteiger partial charge >= 0.3 is 5.69 Å². The number of carbonyl (C=O) groups excluding carboxylic acids is 1. The Morgan fingerprint density at radius 1 is 1.29 bits per heavy atom. The number of carbonyl (C=O) groups is 1. The van der Waals surface area contributed by atoms with E-state index in [4.69, 9.17) is 5.73 Å². The van der Waals surface area contributed by atoms with Gasteiger partial charge in [-0.2, -0.15) is 0 Å². The molecule has 24 heavy (non-hydrogen) atoms. The molecule has 0 radical (unpaired) electrons. The number of amides is 1. The Labute approximate surface area is 138 Å². The summed E-state index contributed by atoms with van der Waals surface area (Å²) >= 11 is 0. The Hall–Kier alpha value is -2.41. The Balaban J connectivity index is 1.73. The van der Waals surface area contributed by atoms with Gasteiger partial charge in [-0.05, 0) is 37.4 Å². The normalized spacial score (nSPS) is 20.4. The van der Waals surface area contributed by atoms with Crippen molar-refractivity contribution in [2.45, 2.75) is 38.3 Å². The third-order valence-corrected chi connectivity index (χ3v) is 4.78. The quantitative estimate of drug-likeness (QED) is 0.733. The molecule has 1 fully saturated rings. The van der Waals surface area contributed by atoms with E-state index in [1.165, 1.54) is 4.57 Å². The van der Waals surface area contributed by atoms with E-state index in [2.05, 4.69) is 10.3 Å². The van der Waals surface area contributed by atoms with Gasteiger partial charge in [-0.25, -0.2) is 4.79 Å².